The molecule has 0 bridgehead atoms. The molecule has 1 heterocycles. The number of carboxylic acid groups (broad SMARTS) is 1. The Balaban J connectivity index is 1.38. The van der Waals surface area contributed by atoms with Crippen molar-refractivity contribution in [2.45, 2.75) is 50.4 Å². The Morgan fingerprint density at radius 2 is 1.32 bits per heavy atom. The van der Waals surface area contributed by atoms with Crippen LogP contribution in [0.4, 0.5) is 4.79 Å². The molecule has 11 nitrogen and oxygen atoms in total. The van der Waals surface area contributed by atoms with Gasteiger partial charge >= 0.3 is 12.1 Å². The summed E-state index contributed by atoms with van der Waals surface area (Å²) in [6, 6.07) is 23.9. The Hall–Kier alpha value is -5.19. The first-order chi connectivity index (χ1) is 21.3. The van der Waals surface area contributed by atoms with E-state index in [9.17, 15) is 29.1 Å². The molecule has 1 aliphatic rings. The Labute approximate surface area is 255 Å². The Morgan fingerprint density at radius 3 is 1.89 bits per heavy atom. The van der Waals surface area contributed by atoms with E-state index in [2.05, 4.69) is 16.0 Å². The summed E-state index contributed by atoms with van der Waals surface area (Å²) in [5, 5.41) is 17.6. The van der Waals surface area contributed by atoms with Crippen LogP contribution in [-0.2, 0) is 43.4 Å². The molecular weight excluding hydrogens is 564 g/mol. The molecule has 3 atom stereocenters. The Bertz CT molecular complexity index is 1420. The largest absolute Gasteiger partial charge is 0.480 e. The topological polar surface area (TPSA) is 154 Å². The molecule has 0 aromatic heterocycles. The molecule has 3 aromatic carbocycles. The monoisotopic (exact) mass is 600 g/mol. The van der Waals surface area contributed by atoms with E-state index in [0.29, 0.717) is 19.4 Å². The van der Waals surface area contributed by atoms with Crippen molar-refractivity contribution >= 4 is 29.8 Å². The quantitative estimate of drug-likeness (QED) is 0.235. The van der Waals surface area contributed by atoms with Crippen LogP contribution in [0.15, 0.2) is 91.0 Å². The number of amides is 4. The fourth-order valence-electron chi connectivity index (χ4n) is 5.01. The highest BCUT2D eigenvalue weighted by Crippen LogP contribution is 2.18. The molecule has 0 radical (unpaired) electrons. The van der Waals surface area contributed by atoms with E-state index in [0.717, 1.165) is 16.7 Å². The fourth-order valence-corrected chi connectivity index (χ4v) is 5.01. The third-order valence-corrected chi connectivity index (χ3v) is 7.29. The van der Waals surface area contributed by atoms with Crippen LogP contribution in [0.3, 0.4) is 0 Å². The summed E-state index contributed by atoms with van der Waals surface area (Å²) in [6.07, 6.45) is 0.369. The first-order valence-corrected chi connectivity index (χ1v) is 14.5. The van der Waals surface area contributed by atoms with Crippen LogP contribution in [0.2, 0.25) is 0 Å². The maximum Gasteiger partial charge on any atom is 0.407 e. The summed E-state index contributed by atoms with van der Waals surface area (Å²) in [5.74, 6) is -2.84. The lowest BCUT2D eigenvalue weighted by Crippen LogP contribution is -2.56. The smallest absolute Gasteiger partial charge is 0.407 e. The predicted octanol–water partition coefficient (Wildman–Crippen LogP) is 2.44. The first kappa shape index (κ1) is 31.7. The van der Waals surface area contributed by atoms with Crippen LogP contribution in [-0.4, -0.2) is 71.0 Å². The molecule has 11 heteroatoms. The van der Waals surface area contributed by atoms with E-state index < -0.39 is 47.9 Å². The van der Waals surface area contributed by atoms with Gasteiger partial charge in [0, 0.05) is 19.4 Å². The minimum atomic E-state index is -1.21. The summed E-state index contributed by atoms with van der Waals surface area (Å²) in [5.41, 5.74) is 2.30. The standard InChI is InChI=1S/C33H36N4O7/c38-29(21-34-33(43)44-22-25-15-8-3-9-16-25)37-18-10-17-28(37)31(40)35-26(19-23-11-4-1-5-12-23)30(39)36-27(32(41)42)20-24-13-6-2-7-14-24/h1-9,11-16,26-28H,10,17-22H2,(H,34,43)(H,35,40)(H,36,39)(H,41,42)/t26-,27-,28-/m0/s1. The summed E-state index contributed by atoms with van der Waals surface area (Å²) in [6.45, 7) is 0.00501. The summed E-state index contributed by atoms with van der Waals surface area (Å²) in [4.78, 5) is 65.4. The van der Waals surface area contributed by atoms with Gasteiger partial charge in [0.1, 0.15) is 31.3 Å². The number of carbonyl (C=O) groups excluding carboxylic acids is 4. The second-order valence-electron chi connectivity index (χ2n) is 10.5. The second-order valence-corrected chi connectivity index (χ2v) is 10.5. The van der Waals surface area contributed by atoms with Gasteiger partial charge in [-0.3, -0.25) is 14.4 Å². The molecule has 1 saturated heterocycles. The van der Waals surface area contributed by atoms with Crippen LogP contribution in [0.1, 0.15) is 29.5 Å². The molecule has 3 aromatic rings. The first-order valence-electron chi connectivity index (χ1n) is 14.5. The molecular formula is C33H36N4O7. The summed E-state index contributed by atoms with van der Waals surface area (Å²) in [7, 11) is 0. The number of carboxylic acids is 1. The highest BCUT2D eigenvalue weighted by Gasteiger charge is 2.36. The van der Waals surface area contributed by atoms with Crippen molar-refractivity contribution in [3.8, 4) is 0 Å². The number of carbonyl (C=O) groups is 5. The number of hydrogen-bond acceptors (Lipinski definition) is 6. The van der Waals surface area contributed by atoms with Crippen LogP contribution >= 0.6 is 0 Å². The number of likely N-dealkylation sites (tertiary alicyclic amines) is 1. The third kappa shape index (κ3) is 9.41. The summed E-state index contributed by atoms with van der Waals surface area (Å²) >= 11 is 0. The van der Waals surface area contributed by atoms with Gasteiger partial charge in [0.15, 0.2) is 0 Å². The van der Waals surface area contributed by atoms with Crippen molar-refractivity contribution in [2.24, 2.45) is 0 Å². The van der Waals surface area contributed by atoms with E-state index in [1.165, 1.54) is 4.90 Å². The molecule has 230 valence electrons. The Morgan fingerprint density at radius 1 is 0.773 bits per heavy atom. The number of rotatable bonds is 13. The average Bonchev–Trinajstić information content (AvgIpc) is 3.54. The van der Waals surface area contributed by atoms with E-state index >= 15 is 0 Å². The highest BCUT2D eigenvalue weighted by atomic mass is 16.5. The van der Waals surface area contributed by atoms with Crippen molar-refractivity contribution in [1.29, 1.82) is 0 Å². The SMILES string of the molecule is O=C(NCC(=O)N1CCC[C@H]1C(=O)N[C@@H](Cc1ccccc1)C(=O)N[C@@H](Cc1ccccc1)C(=O)O)OCc1ccccc1. The maximum absolute atomic E-state index is 13.5. The van der Waals surface area contributed by atoms with Crippen molar-refractivity contribution in [3.63, 3.8) is 0 Å². The van der Waals surface area contributed by atoms with Crippen LogP contribution in [0.5, 0.6) is 0 Å². The van der Waals surface area contributed by atoms with E-state index in [1.54, 1.807) is 48.5 Å². The van der Waals surface area contributed by atoms with Gasteiger partial charge in [0.2, 0.25) is 17.7 Å². The molecule has 0 aliphatic carbocycles. The number of ether oxygens (including phenoxy) is 1. The molecule has 0 spiro atoms. The van der Waals surface area contributed by atoms with Crippen LogP contribution in [0, 0.1) is 0 Å². The van der Waals surface area contributed by atoms with Gasteiger partial charge in [-0.25, -0.2) is 9.59 Å². The number of nitrogens with one attached hydrogen (secondary N) is 3. The molecule has 1 aliphatic heterocycles. The highest BCUT2D eigenvalue weighted by molar-refractivity contribution is 5.94. The number of alkyl carbamates (subject to hydrolysis) is 1. The second kappa shape index (κ2) is 15.9. The average molecular weight is 601 g/mol. The Kier molecular flexibility index (Phi) is 11.5. The van der Waals surface area contributed by atoms with Crippen molar-refractivity contribution in [1.82, 2.24) is 20.9 Å². The van der Waals surface area contributed by atoms with Gasteiger partial charge in [0.05, 0.1) is 0 Å². The normalized spacial score (nSPS) is 15.5. The zero-order valence-electron chi connectivity index (χ0n) is 24.2. The van der Waals surface area contributed by atoms with Crippen molar-refractivity contribution < 1.29 is 33.8 Å². The van der Waals surface area contributed by atoms with Gasteiger partial charge < -0.3 is 30.7 Å². The maximum atomic E-state index is 13.5. The lowest BCUT2D eigenvalue weighted by atomic mass is 10.0. The van der Waals surface area contributed by atoms with Crippen LogP contribution in [0.25, 0.3) is 0 Å². The molecule has 0 unspecified atom stereocenters. The fraction of sp³-hybridized carbons (Fsp3) is 0.303. The van der Waals surface area contributed by atoms with Crippen molar-refractivity contribution in [2.75, 3.05) is 13.1 Å². The number of hydrogen-bond donors (Lipinski definition) is 4. The lowest BCUT2D eigenvalue weighted by Gasteiger charge is -2.27. The minimum absolute atomic E-state index is 0.0502. The molecule has 4 rings (SSSR count). The zero-order valence-corrected chi connectivity index (χ0v) is 24.2. The van der Waals surface area contributed by atoms with E-state index in [4.69, 9.17) is 4.74 Å². The molecule has 1 fully saturated rings. The van der Waals surface area contributed by atoms with Gasteiger partial charge in [-0.05, 0) is 29.5 Å². The van der Waals surface area contributed by atoms with E-state index in [1.807, 2.05) is 42.5 Å². The number of nitrogens with zero attached hydrogens (tertiary/aromatic N) is 1. The van der Waals surface area contributed by atoms with Gasteiger partial charge in [0.25, 0.3) is 0 Å². The minimum Gasteiger partial charge on any atom is -0.480 e. The van der Waals surface area contributed by atoms with Crippen molar-refractivity contribution in [3.05, 3.63) is 108 Å². The van der Waals surface area contributed by atoms with Gasteiger partial charge in [-0.15, -0.1) is 0 Å². The molecule has 4 amide bonds. The molecule has 4 N–H and O–H groups in total. The van der Waals surface area contributed by atoms with E-state index in [-0.39, 0.29) is 26.0 Å². The molecule has 44 heavy (non-hydrogen) atoms. The molecule has 0 saturated carbocycles. The lowest BCUT2D eigenvalue weighted by molar-refractivity contribution is -0.142. The van der Waals surface area contributed by atoms with Gasteiger partial charge in [-0.2, -0.15) is 0 Å². The summed E-state index contributed by atoms with van der Waals surface area (Å²) < 4.78 is 5.15. The number of benzene rings is 3. The predicted molar refractivity (Wildman–Crippen MR) is 161 cm³/mol. The zero-order chi connectivity index (χ0) is 31.3. The third-order valence-electron chi connectivity index (χ3n) is 7.29. The van der Waals surface area contributed by atoms with Crippen LogP contribution < -0.4 is 16.0 Å². The number of aliphatic carboxylic acids is 1. The van der Waals surface area contributed by atoms with Gasteiger partial charge in [-0.1, -0.05) is 91.0 Å².